The number of alkyl carbamates (subject to hydrolysis) is 1. The van der Waals surface area contributed by atoms with E-state index in [9.17, 15) is 14.7 Å². The Labute approximate surface area is 199 Å². The molecular formula is C27H30N2O5. The molecule has 7 nitrogen and oxygen atoms in total. The number of rotatable bonds is 8. The van der Waals surface area contributed by atoms with Crippen LogP contribution in [0.15, 0.2) is 78.9 Å². The summed E-state index contributed by atoms with van der Waals surface area (Å²) in [6.45, 7) is 4.99. The van der Waals surface area contributed by atoms with E-state index < -0.39 is 30.3 Å². The van der Waals surface area contributed by atoms with E-state index in [1.165, 1.54) is 0 Å². The summed E-state index contributed by atoms with van der Waals surface area (Å²) in [5.41, 5.74) is 3.15. The lowest BCUT2D eigenvalue weighted by Crippen LogP contribution is -2.47. The highest BCUT2D eigenvalue weighted by Gasteiger charge is 2.23. The first-order valence-corrected chi connectivity index (χ1v) is 11.0. The van der Waals surface area contributed by atoms with Crippen LogP contribution in [0.25, 0.3) is 11.1 Å². The monoisotopic (exact) mass is 462 g/mol. The van der Waals surface area contributed by atoms with Gasteiger partial charge in [-0.2, -0.15) is 0 Å². The molecule has 0 radical (unpaired) electrons. The molecule has 3 aromatic rings. The third-order valence-corrected chi connectivity index (χ3v) is 4.78. The molecule has 0 saturated heterocycles. The summed E-state index contributed by atoms with van der Waals surface area (Å²) in [6, 6.07) is 24.1. The highest BCUT2D eigenvalue weighted by molar-refractivity contribution is 5.96. The number of hydrogen-bond acceptors (Lipinski definition) is 5. The molecule has 3 aromatic carbocycles. The first kappa shape index (κ1) is 24.8. The van der Waals surface area contributed by atoms with E-state index >= 15 is 0 Å². The molecule has 0 saturated carbocycles. The minimum Gasteiger partial charge on any atom is -0.489 e. The fourth-order valence-corrected chi connectivity index (χ4v) is 3.10. The first-order valence-electron chi connectivity index (χ1n) is 11.0. The van der Waals surface area contributed by atoms with Crippen LogP contribution in [-0.4, -0.2) is 35.4 Å². The van der Waals surface area contributed by atoms with Crippen LogP contribution in [-0.2, 0) is 16.1 Å². The standard InChI is InChI=1S/C27H30N2O5/c1-27(2,3)34-26(32)29-24(17-30)25(31)28-22-13-15-23(16-14-22)33-18-19-9-11-21(12-10-19)20-7-5-4-6-8-20/h4-16,24,30H,17-18H2,1-3H3,(H,28,31)(H,29,32)/t24-/m0/s1. The van der Waals surface area contributed by atoms with E-state index in [0.29, 0.717) is 18.0 Å². The van der Waals surface area contributed by atoms with Gasteiger partial charge in [0.05, 0.1) is 6.61 Å². The molecule has 0 aliphatic carbocycles. The molecular weight excluding hydrogens is 432 g/mol. The average Bonchev–Trinajstić information content (AvgIpc) is 2.82. The second-order valence-electron chi connectivity index (χ2n) is 8.75. The van der Waals surface area contributed by atoms with E-state index in [1.54, 1.807) is 45.0 Å². The predicted octanol–water partition coefficient (Wildman–Crippen LogP) is 4.76. The number of carbonyl (C=O) groups excluding carboxylic acids is 2. The molecule has 0 aromatic heterocycles. The maximum absolute atomic E-state index is 12.4. The van der Waals surface area contributed by atoms with E-state index in [2.05, 4.69) is 34.9 Å². The van der Waals surface area contributed by atoms with Crippen LogP contribution in [0.3, 0.4) is 0 Å². The maximum atomic E-state index is 12.4. The number of benzene rings is 3. The van der Waals surface area contributed by atoms with E-state index in [1.807, 2.05) is 30.3 Å². The second kappa shape index (κ2) is 11.3. The summed E-state index contributed by atoms with van der Waals surface area (Å²) in [4.78, 5) is 24.3. The van der Waals surface area contributed by atoms with Crippen LogP contribution in [0, 0.1) is 0 Å². The van der Waals surface area contributed by atoms with Gasteiger partial charge in [-0.05, 0) is 61.7 Å². The summed E-state index contributed by atoms with van der Waals surface area (Å²) >= 11 is 0. The Balaban J connectivity index is 1.50. The van der Waals surface area contributed by atoms with E-state index in [-0.39, 0.29) is 0 Å². The van der Waals surface area contributed by atoms with Crippen LogP contribution in [0.2, 0.25) is 0 Å². The van der Waals surface area contributed by atoms with Crippen molar-refractivity contribution in [3.8, 4) is 16.9 Å². The molecule has 178 valence electrons. The van der Waals surface area contributed by atoms with Crippen molar-refractivity contribution < 1.29 is 24.2 Å². The van der Waals surface area contributed by atoms with Gasteiger partial charge in [-0.25, -0.2) is 4.79 Å². The van der Waals surface area contributed by atoms with Crippen molar-refractivity contribution in [1.82, 2.24) is 5.32 Å². The van der Waals surface area contributed by atoms with Crippen LogP contribution in [0.4, 0.5) is 10.5 Å². The van der Waals surface area contributed by atoms with Gasteiger partial charge in [0.15, 0.2) is 0 Å². The fraction of sp³-hybridized carbons (Fsp3) is 0.259. The molecule has 0 aliphatic rings. The Morgan fingerprint density at radius 2 is 1.50 bits per heavy atom. The molecule has 0 heterocycles. The maximum Gasteiger partial charge on any atom is 0.408 e. The zero-order valence-corrected chi connectivity index (χ0v) is 19.6. The van der Waals surface area contributed by atoms with Gasteiger partial charge >= 0.3 is 6.09 Å². The van der Waals surface area contributed by atoms with Gasteiger partial charge in [0.25, 0.3) is 0 Å². The molecule has 0 fully saturated rings. The van der Waals surface area contributed by atoms with Gasteiger partial charge < -0.3 is 25.2 Å². The molecule has 34 heavy (non-hydrogen) atoms. The fourth-order valence-electron chi connectivity index (χ4n) is 3.10. The number of nitrogens with one attached hydrogen (secondary N) is 2. The van der Waals surface area contributed by atoms with Crippen LogP contribution in [0.1, 0.15) is 26.3 Å². The van der Waals surface area contributed by atoms with Crippen molar-refractivity contribution in [1.29, 1.82) is 0 Å². The zero-order chi connectivity index (χ0) is 24.6. The lowest BCUT2D eigenvalue weighted by Gasteiger charge is -2.22. The molecule has 2 amide bonds. The highest BCUT2D eigenvalue weighted by atomic mass is 16.6. The summed E-state index contributed by atoms with van der Waals surface area (Å²) in [6.07, 6.45) is -0.776. The summed E-state index contributed by atoms with van der Waals surface area (Å²) < 4.78 is 11.0. The number of amides is 2. The average molecular weight is 463 g/mol. The molecule has 0 bridgehead atoms. The SMILES string of the molecule is CC(C)(C)OC(=O)N[C@@H](CO)C(=O)Nc1ccc(OCc2ccc(-c3ccccc3)cc2)cc1. The van der Waals surface area contributed by atoms with Gasteiger partial charge in [-0.15, -0.1) is 0 Å². The topological polar surface area (TPSA) is 96.9 Å². The Morgan fingerprint density at radius 3 is 2.09 bits per heavy atom. The number of aliphatic hydroxyl groups excluding tert-OH is 1. The predicted molar refractivity (Wildman–Crippen MR) is 132 cm³/mol. The van der Waals surface area contributed by atoms with Crippen molar-refractivity contribution in [2.75, 3.05) is 11.9 Å². The Hall–Kier alpha value is -3.84. The van der Waals surface area contributed by atoms with Gasteiger partial charge in [0.2, 0.25) is 5.91 Å². The molecule has 0 spiro atoms. The van der Waals surface area contributed by atoms with Crippen molar-refractivity contribution in [3.63, 3.8) is 0 Å². The van der Waals surface area contributed by atoms with Crippen molar-refractivity contribution in [3.05, 3.63) is 84.4 Å². The van der Waals surface area contributed by atoms with Gasteiger partial charge in [-0.3, -0.25) is 4.79 Å². The number of anilines is 1. The largest absolute Gasteiger partial charge is 0.489 e. The van der Waals surface area contributed by atoms with E-state index in [0.717, 1.165) is 16.7 Å². The lowest BCUT2D eigenvalue weighted by atomic mass is 10.0. The quantitative estimate of drug-likeness (QED) is 0.449. The van der Waals surface area contributed by atoms with Crippen molar-refractivity contribution in [2.24, 2.45) is 0 Å². The Bertz CT molecular complexity index is 1070. The molecule has 1 atom stereocenters. The molecule has 0 aliphatic heterocycles. The third kappa shape index (κ3) is 7.64. The second-order valence-corrected chi connectivity index (χ2v) is 8.75. The zero-order valence-electron chi connectivity index (χ0n) is 19.6. The van der Waals surface area contributed by atoms with Gasteiger partial charge in [0.1, 0.15) is 24.0 Å². The van der Waals surface area contributed by atoms with Crippen LogP contribution < -0.4 is 15.4 Å². The third-order valence-electron chi connectivity index (χ3n) is 4.78. The normalized spacial score (nSPS) is 11.9. The Morgan fingerprint density at radius 1 is 0.882 bits per heavy atom. The molecule has 3 N–H and O–H groups in total. The van der Waals surface area contributed by atoms with Gasteiger partial charge in [0, 0.05) is 5.69 Å². The smallest absolute Gasteiger partial charge is 0.408 e. The molecule has 7 heteroatoms. The summed E-state index contributed by atoms with van der Waals surface area (Å²) in [7, 11) is 0. The minimum atomic E-state index is -1.13. The van der Waals surface area contributed by atoms with Gasteiger partial charge in [-0.1, -0.05) is 54.6 Å². The number of aliphatic hydroxyl groups is 1. The van der Waals surface area contributed by atoms with Crippen molar-refractivity contribution in [2.45, 2.75) is 39.0 Å². The van der Waals surface area contributed by atoms with Crippen molar-refractivity contribution >= 4 is 17.7 Å². The number of ether oxygens (including phenoxy) is 2. The minimum absolute atomic E-state index is 0.410. The number of carbonyl (C=O) groups is 2. The van der Waals surface area contributed by atoms with Crippen LogP contribution in [0.5, 0.6) is 5.75 Å². The molecule has 3 rings (SSSR count). The molecule has 0 unspecified atom stereocenters. The highest BCUT2D eigenvalue weighted by Crippen LogP contribution is 2.21. The number of hydrogen-bond donors (Lipinski definition) is 3. The first-order chi connectivity index (χ1) is 16.2. The van der Waals surface area contributed by atoms with Crippen LogP contribution >= 0.6 is 0 Å². The summed E-state index contributed by atoms with van der Waals surface area (Å²) in [5.74, 6) is 0.0938. The lowest BCUT2D eigenvalue weighted by molar-refractivity contribution is -0.119. The summed E-state index contributed by atoms with van der Waals surface area (Å²) in [5, 5.41) is 14.5. The Kier molecular flexibility index (Phi) is 8.27. The van der Waals surface area contributed by atoms with E-state index in [4.69, 9.17) is 9.47 Å².